The maximum atomic E-state index is 6.04. The molecule has 0 saturated carbocycles. The SMILES string of the molecule is COc1ccc(C(CN)N(C)CC2CCN(C)C2)cc1C. The van der Waals surface area contributed by atoms with E-state index in [9.17, 15) is 0 Å². The molecule has 0 amide bonds. The van der Waals surface area contributed by atoms with Crippen molar-refractivity contribution in [2.24, 2.45) is 11.7 Å². The molecular formula is C17H29N3O. The molecule has 0 spiro atoms. The molecule has 0 bridgehead atoms. The highest BCUT2D eigenvalue weighted by Gasteiger charge is 2.24. The number of hydrogen-bond acceptors (Lipinski definition) is 4. The standard InChI is InChI=1S/C17H29N3O/c1-13-9-15(5-6-17(13)21-4)16(10-18)20(3)12-14-7-8-19(2)11-14/h5-6,9,14,16H,7-8,10-12,18H2,1-4H3. The Hall–Kier alpha value is -1.10. The molecule has 1 aliphatic heterocycles. The number of likely N-dealkylation sites (tertiary alicyclic amines) is 1. The zero-order valence-corrected chi connectivity index (χ0v) is 13.8. The van der Waals surface area contributed by atoms with Crippen molar-refractivity contribution in [2.75, 3.05) is 47.4 Å². The van der Waals surface area contributed by atoms with E-state index in [0.717, 1.165) is 18.2 Å². The van der Waals surface area contributed by atoms with Gasteiger partial charge in [-0.15, -0.1) is 0 Å². The van der Waals surface area contributed by atoms with Crippen molar-refractivity contribution in [1.82, 2.24) is 9.80 Å². The highest BCUT2D eigenvalue weighted by molar-refractivity contribution is 5.37. The number of hydrogen-bond donors (Lipinski definition) is 1. The van der Waals surface area contributed by atoms with E-state index in [1.54, 1.807) is 7.11 Å². The van der Waals surface area contributed by atoms with Crippen molar-refractivity contribution in [3.05, 3.63) is 29.3 Å². The molecule has 21 heavy (non-hydrogen) atoms. The van der Waals surface area contributed by atoms with E-state index in [0.29, 0.717) is 6.54 Å². The van der Waals surface area contributed by atoms with E-state index in [1.165, 1.54) is 30.6 Å². The van der Waals surface area contributed by atoms with E-state index in [-0.39, 0.29) is 6.04 Å². The molecule has 2 rings (SSSR count). The van der Waals surface area contributed by atoms with Crippen LogP contribution in [0, 0.1) is 12.8 Å². The molecule has 0 aliphatic carbocycles. The molecule has 1 aromatic carbocycles. The van der Waals surface area contributed by atoms with Gasteiger partial charge in [-0.2, -0.15) is 0 Å². The van der Waals surface area contributed by atoms with Crippen molar-refractivity contribution in [3.63, 3.8) is 0 Å². The smallest absolute Gasteiger partial charge is 0.121 e. The monoisotopic (exact) mass is 291 g/mol. The fraction of sp³-hybridized carbons (Fsp3) is 0.647. The van der Waals surface area contributed by atoms with Crippen LogP contribution in [-0.4, -0.2) is 57.2 Å². The van der Waals surface area contributed by atoms with Crippen LogP contribution in [-0.2, 0) is 0 Å². The van der Waals surface area contributed by atoms with Crippen LogP contribution in [0.3, 0.4) is 0 Å². The molecule has 1 aromatic rings. The molecule has 4 heteroatoms. The first kappa shape index (κ1) is 16.3. The quantitative estimate of drug-likeness (QED) is 0.869. The maximum Gasteiger partial charge on any atom is 0.121 e. The second-order valence-electron chi connectivity index (χ2n) is 6.34. The number of benzene rings is 1. The molecule has 2 atom stereocenters. The zero-order chi connectivity index (χ0) is 15.4. The van der Waals surface area contributed by atoms with E-state index in [4.69, 9.17) is 10.5 Å². The number of aryl methyl sites for hydroxylation is 1. The lowest BCUT2D eigenvalue weighted by atomic mass is 10.0. The molecular weight excluding hydrogens is 262 g/mol. The van der Waals surface area contributed by atoms with Gasteiger partial charge in [-0.1, -0.05) is 12.1 Å². The Balaban J connectivity index is 2.05. The van der Waals surface area contributed by atoms with Gasteiger partial charge in [-0.25, -0.2) is 0 Å². The third-order valence-electron chi connectivity index (χ3n) is 4.59. The minimum absolute atomic E-state index is 0.278. The molecule has 4 nitrogen and oxygen atoms in total. The Kier molecular flexibility index (Phi) is 5.62. The van der Waals surface area contributed by atoms with Crippen LogP contribution < -0.4 is 10.5 Å². The summed E-state index contributed by atoms with van der Waals surface area (Å²) in [5.41, 5.74) is 8.50. The molecule has 2 N–H and O–H groups in total. The van der Waals surface area contributed by atoms with E-state index in [1.807, 2.05) is 6.07 Å². The van der Waals surface area contributed by atoms with E-state index < -0.39 is 0 Å². The van der Waals surface area contributed by atoms with Crippen LogP contribution in [0.5, 0.6) is 5.75 Å². The average molecular weight is 291 g/mol. The summed E-state index contributed by atoms with van der Waals surface area (Å²) in [4.78, 5) is 4.82. The Morgan fingerprint density at radius 2 is 2.24 bits per heavy atom. The van der Waals surface area contributed by atoms with E-state index in [2.05, 4.69) is 43.0 Å². The fourth-order valence-corrected chi connectivity index (χ4v) is 3.39. The Labute approximate surface area is 128 Å². The molecule has 118 valence electrons. The van der Waals surface area contributed by atoms with Crippen molar-refractivity contribution in [3.8, 4) is 5.75 Å². The topological polar surface area (TPSA) is 41.7 Å². The summed E-state index contributed by atoms with van der Waals surface area (Å²) >= 11 is 0. The average Bonchev–Trinajstić information content (AvgIpc) is 2.85. The molecule has 1 heterocycles. The molecule has 1 fully saturated rings. The Bertz CT molecular complexity index is 463. The first-order valence-corrected chi connectivity index (χ1v) is 7.78. The van der Waals surface area contributed by atoms with Gasteiger partial charge in [0.05, 0.1) is 7.11 Å². The predicted molar refractivity (Wildman–Crippen MR) is 87.8 cm³/mol. The van der Waals surface area contributed by atoms with Crippen molar-refractivity contribution in [1.29, 1.82) is 0 Å². The number of rotatable bonds is 6. The molecule has 2 unspecified atom stereocenters. The Morgan fingerprint density at radius 1 is 1.48 bits per heavy atom. The van der Waals surface area contributed by atoms with E-state index >= 15 is 0 Å². The number of nitrogens with zero attached hydrogens (tertiary/aromatic N) is 2. The lowest BCUT2D eigenvalue weighted by Gasteiger charge is -2.30. The second-order valence-corrected chi connectivity index (χ2v) is 6.34. The van der Waals surface area contributed by atoms with Gasteiger partial charge in [0.15, 0.2) is 0 Å². The minimum Gasteiger partial charge on any atom is -0.496 e. The number of nitrogens with two attached hydrogens (primary N) is 1. The van der Waals surface area contributed by atoms with Gasteiger partial charge in [0.25, 0.3) is 0 Å². The van der Waals surface area contributed by atoms with Crippen molar-refractivity contribution < 1.29 is 4.74 Å². The van der Waals surface area contributed by atoms with Gasteiger partial charge < -0.3 is 15.4 Å². The van der Waals surface area contributed by atoms with Gasteiger partial charge in [0.1, 0.15) is 5.75 Å². The van der Waals surface area contributed by atoms with Crippen LogP contribution in [0.25, 0.3) is 0 Å². The van der Waals surface area contributed by atoms with Gasteiger partial charge in [0, 0.05) is 25.7 Å². The van der Waals surface area contributed by atoms with Crippen LogP contribution >= 0.6 is 0 Å². The summed E-state index contributed by atoms with van der Waals surface area (Å²) in [6.45, 7) is 6.25. The van der Waals surface area contributed by atoms with Gasteiger partial charge in [0.2, 0.25) is 0 Å². The second kappa shape index (κ2) is 7.25. The van der Waals surface area contributed by atoms with Gasteiger partial charge in [-0.3, -0.25) is 4.90 Å². The van der Waals surface area contributed by atoms with Gasteiger partial charge >= 0.3 is 0 Å². The summed E-state index contributed by atoms with van der Waals surface area (Å²) < 4.78 is 5.34. The molecule has 1 saturated heterocycles. The predicted octanol–water partition coefficient (Wildman–Crippen LogP) is 1.89. The summed E-state index contributed by atoms with van der Waals surface area (Å²) in [6, 6.07) is 6.67. The zero-order valence-electron chi connectivity index (χ0n) is 13.8. The molecule has 0 aromatic heterocycles. The highest BCUT2D eigenvalue weighted by atomic mass is 16.5. The maximum absolute atomic E-state index is 6.04. The van der Waals surface area contributed by atoms with Crippen LogP contribution in [0.15, 0.2) is 18.2 Å². The van der Waals surface area contributed by atoms with Crippen molar-refractivity contribution in [2.45, 2.75) is 19.4 Å². The number of methoxy groups -OCH3 is 1. The first-order valence-electron chi connectivity index (χ1n) is 7.78. The largest absolute Gasteiger partial charge is 0.496 e. The van der Waals surface area contributed by atoms with Gasteiger partial charge in [-0.05, 0) is 57.1 Å². The van der Waals surface area contributed by atoms with Crippen LogP contribution in [0.4, 0.5) is 0 Å². The van der Waals surface area contributed by atoms with Crippen LogP contribution in [0.2, 0.25) is 0 Å². The lowest BCUT2D eigenvalue weighted by Crippen LogP contribution is -2.35. The first-order chi connectivity index (χ1) is 10.0. The normalized spacial score (nSPS) is 21.0. The minimum atomic E-state index is 0.278. The third-order valence-corrected chi connectivity index (χ3v) is 4.59. The summed E-state index contributed by atoms with van der Waals surface area (Å²) in [6.07, 6.45) is 1.29. The van der Waals surface area contributed by atoms with Crippen LogP contribution in [0.1, 0.15) is 23.6 Å². The number of likely N-dealkylation sites (N-methyl/N-ethyl adjacent to an activating group) is 1. The number of ether oxygens (including phenoxy) is 1. The molecule has 0 radical (unpaired) electrons. The summed E-state index contributed by atoms with van der Waals surface area (Å²) in [5.74, 6) is 1.70. The molecule has 1 aliphatic rings. The third kappa shape index (κ3) is 3.96. The highest BCUT2D eigenvalue weighted by Crippen LogP contribution is 2.26. The summed E-state index contributed by atoms with van der Waals surface area (Å²) in [5, 5.41) is 0. The Morgan fingerprint density at radius 3 is 2.76 bits per heavy atom. The lowest BCUT2D eigenvalue weighted by molar-refractivity contribution is 0.211. The fourth-order valence-electron chi connectivity index (χ4n) is 3.39. The summed E-state index contributed by atoms with van der Waals surface area (Å²) in [7, 11) is 6.10. The van der Waals surface area contributed by atoms with Crippen molar-refractivity contribution >= 4 is 0 Å².